The van der Waals surface area contributed by atoms with Gasteiger partial charge in [0.2, 0.25) is 11.8 Å². The zero-order chi connectivity index (χ0) is 29.9. The molecule has 0 radical (unpaired) electrons. The highest BCUT2D eigenvalue weighted by atomic mass is 35.5. The van der Waals surface area contributed by atoms with Crippen molar-refractivity contribution < 1.29 is 29.3 Å². The summed E-state index contributed by atoms with van der Waals surface area (Å²) in [4.78, 5) is 63.4. The first-order valence-corrected chi connectivity index (χ1v) is 13.6. The van der Waals surface area contributed by atoms with E-state index in [4.69, 9.17) is 11.6 Å². The van der Waals surface area contributed by atoms with Gasteiger partial charge in [-0.1, -0.05) is 55.7 Å². The molecular weight excluding hydrogens is 556 g/mol. The predicted octanol–water partition coefficient (Wildman–Crippen LogP) is 4.60. The van der Waals surface area contributed by atoms with E-state index >= 15 is 0 Å². The summed E-state index contributed by atoms with van der Waals surface area (Å²) in [5.41, 5.74) is -2.26. The number of nitrogens with zero attached hydrogens (tertiary/aromatic N) is 3. The van der Waals surface area contributed by atoms with Crippen LogP contribution in [-0.2, 0) is 20.8 Å². The molecule has 0 aromatic heterocycles. The van der Waals surface area contributed by atoms with Gasteiger partial charge in [-0.25, -0.2) is 0 Å². The maximum atomic E-state index is 13.8. The standard InChI is InChI=1S/C28H29ClN4O8/c1-2-3-4-5-6-7-14-31-25(34)22-23(26(31)35)28(27(36)37,16-17-8-11-19(12-9-17)32(38)39)30-24(22)20-15-18(29)10-13-21(20)33(40)41/h5-6,8-13,15,22-24,30H,2-4,7,14,16H2,1H3,(H,36,37). The average molecular weight is 585 g/mol. The van der Waals surface area contributed by atoms with Gasteiger partial charge >= 0.3 is 5.97 Å². The van der Waals surface area contributed by atoms with E-state index in [1.165, 1.54) is 42.5 Å². The summed E-state index contributed by atoms with van der Waals surface area (Å²) in [6.07, 6.45) is 6.76. The van der Waals surface area contributed by atoms with E-state index in [-0.39, 0.29) is 34.9 Å². The lowest BCUT2D eigenvalue weighted by molar-refractivity contribution is -0.385. The number of allylic oxidation sites excluding steroid dienone is 1. The fraction of sp³-hybridized carbons (Fsp3) is 0.393. The number of nitrogens with one attached hydrogen (secondary N) is 1. The largest absolute Gasteiger partial charge is 0.480 e. The van der Waals surface area contributed by atoms with Crippen LogP contribution in [-0.4, -0.2) is 49.7 Å². The second-order valence-electron chi connectivity index (χ2n) is 10.2. The lowest BCUT2D eigenvalue weighted by Crippen LogP contribution is -2.57. The highest BCUT2D eigenvalue weighted by Crippen LogP contribution is 2.51. The van der Waals surface area contributed by atoms with Gasteiger partial charge in [0.05, 0.1) is 27.7 Å². The summed E-state index contributed by atoms with van der Waals surface area (Å²) in [5, 5.41) is 36.7. The number of fused-ring (bicyclic) bond motifs is 1. The molecule has 2 aromatic carbocycles. The first-order chi connectivity index (χ1) is 19.5. The van der Waals surface area contributed by atoms with Crippen molar-refractivity contribution in [1.29, 1.82) is 0 Å². The Morgan fingerprint density at radius 2 is 1.76 bits per heavy atom. The first-order valence-electron chi connectivity index (χ1n) is 13.2. The number of benzene rings is 2. The quantitative estimate of drug-likeness (QED) is 0.119. The second-order valence-corrected chi connectivity index (χ2v) is 10.6. The van der Waals surface area contributed by atoms with Crippen LogP contribution in [0.1, 0.15) is 49.8 Å². The molecule has 0 spiro atoms. The number of non-ortho nitro benzene ring substituents is 1. The highest BCUT2D eigenvalue weighted by Gasteiger charge is 2.68. The van der Waals surface area contributed by atoms with E-state index in [1.54, 1.807) is 0 Å². The Labute approximate surface area is 240 Å². The van der Waals surface area contributed by atoms with E-state index in [0.717, 1.165) is 24.2 Å². The summed E-state index contributed by atoms with van der Waals surface area (Å²) in [7, 11) is 0. The maximum Gasteiger partial charge on any atom is 0.325 e. The van der Waals surface area contributed by atoms with E-state index in [2.05, 4.69) is 12.2 Å². The van der Waals surface area contributed by atoms with Gasteiger partial charge < -0.3 is 5.11 Å². The number of rotatable bonds is 12. The van der Waals surface area contributed by atoms with Crippen molar-refractivity contribution >= 4 is 40.8 Å². The number of carbonyl (C=O) groups is 3. The highest BCUT2D eigenvalue weighted by molar-refractivity contribution is 6.30. The fourth-order valence-electron chi connectivity index (χ4n) is 5.74. The van der Waals surface area contributed by atoms with Crippen molar-refractivity contribution in [3.8, 4) is 0 Å². The van der Waals surface area contributed by atoms with Crippen LogP contribution in [0.25, 0.3) is 0 Å². The van der Waals surface area contributed by atoms with Gasteiger partial charge in [0.15, 0.2) is 0 Å². The van der Waals surface area contributed by atoms with Crippen molar-refractivity contribution in [3.63, 3.8) is 0 Å². The number of hydrogen-bond acceptors (Lipinski definition) is 8. The molecule has 216 valence electrons. The van der Waals surface area contributed by atoms with Gasteiger partial charge in [-0.15, -0.1) is 0 Å². The Morgan fingerprint density at radius 1 is 1.07 bits per heavy atom. The van der Waals surface area contributed by atoms with E-state index < -0.39 is 51.0 Å². The van der Waals surface area contributed by atoms with Gasteiger partial charge in [0.25, 0.3) is 11.4 Å². The van der Waals surface area contributed by atoms with Crippen molar-refractivity contribution in [2.24, 2.45) is 11.8 Å². The number of nitro benzene ring substituents is 2. The molecule has 2 aliphatic rings. The van der Waals surface area contributed by atoms with Crippen LogP contribution in [0.3, 0.4) is 0 Å². The molecule has 0 bridgehead atoms. The van der Waals surface area contributed by atoms with Crippen LogP contribution in [0.5, 0.6) is 0 Å². The van der Waals surface area contributed by atoms with Gasteiger partial charge in [0, 0.05) is 41.8 Å². The Bertz CT molecular complexity index is 1410. The van der Waals surface area contributed by atoms with E-state index in [0.29, 0.717) is 12.0 Å². The number of halogens is 1. The minimum absolute atomic E-state index is 0.00761. The lowest BCUT2D eigenvalue weighted by Gasteiger charge is -2.31. The Kier molecular flexibility index (Phi) is 8.83. The lowest BCUT2D eigenvalue weighted by atomic mass is 9.76. The number of carboxylic acid groups (broad SMARTS) is 1. The summed E-state index contributed by atoms with van der Waals surface area (Å²) in [6, 6.07) is 7.78. The van der Waals surface area contributed by atoms with Crippen LogP contribution < -0.4 is 5.32 Å². The number of hydrogen-bond donors (Lipinski definition) is 2. The molecule has 2 aromatic rings. The van der Waals surface area contributed by atoms with Crippen LogP contribution in [0.4, 0.5) is 11.4 Å². The Balaban J connectivity index is 1.78. The number of carbonyl (C=O) groups excluding carboxylic acids is 2. The molecule has 12 nitrogen and oxygen atoms in total. The molecule has 2 amide bonds. The fourth-order valence-corrected chi connectivity index (χ4v) is 5.93. The smallest absolute Gasteiger partial charge is 0.325 e. The molecule has 41 heavy (non-hydrogen) atoms. The van der Waals surface area contributed by atoms with Crippen LogP contribution in [0.2, 0.25) is 5.02 Å². The predicted molar refractivity (Wildman–Crippen MR) is 148 cm³/mol. The van der Waals surface area contributed by atoms with Crippen LogP contribution >= 0.6 is 11.6 Å². The molecule has 2 N–H and O–H groups in total. The molecule has 4 rings (SSSR count). The monoisotopic (exact) mass is 584 g/mol. The molecule has 4 unspecified atom stereocenters. The molecular formula is C28H29ClN4O8. The van der Waals surface area contributed by atoms with Crippen molar-refractivity contribution in [2.75, 3.05) is 6.54 Å². The maximum absolute atomic E-state index is 13.8. The van der Waals surface area contributed by atoms with Crippen LogP contribution in [0, 0.1) is 32.1 Å². The van der Waals surface area contributed by atoms with Crippen molar-refractivity contribution in [3.05, 3.63) is 91.0 Å². The number of aliphatic carboxylic acids is 1. The molecule has 2 fully saturated rings. The average Bonchev–Trinajstić information content (AvgIpc) is 3.40. The molecule has 2 aliphatic heterocycles. The number of carboxylic acids is 1. The number of likely N-dealkylation sites (tertiary alicyclic amines) is 1. The molecule has 2 heterocycles. The Hall–Kier alpha value is -4.16. The van der Waals surface area contributed by atoms with Gasteiger partial charge in [-0.3, -0.25) is 44.8 Å². The summed E-state index contributed by atoms with van der Waals surface area (Å²) >= 11 is 6.17. The first kappa shape index (κ1) is 29.8. The summed E-state index contributed by atoms with van der Waals surface area (Å²) in [6.45, 7) is 2.10. The molecule has 0 saturated carbocycles. The number of nitro groups is 2. The van der Waals surface area contributed by atoms with Crippen LogP contribution in [0.15, 0.2) is 54.6 Å². The molecule has 4 atom stereocenters. The molecule has 0 aliphatic carbocycles. The minimum Gasteiger partial charge on any atom is -0.480 e. The molecule has 13 heteroatoms. The SMILES string of the molecule is CCCCC=CCCN1C(=O)C2C(c3cc(Cl)ccc3[N+](=O)[O-])NC(Cc3ccc([N+](=O)[O-])cc3)(C(=O)O)C2C1=O. The number of amides is 2. The summed E-state index contributed by atoms with van der Waals surface area (Å²) < 4.78 is 0. The van der Waals surface area contributed by atoms with E-state index in [9.17, 15) is 39.7 Å². The zero-order valence-corrected chi connectivity index (χ0v) is 23.0. The number of unbranched alkanes of at least 4 members (excludes halogenated alkanes) is 2. The van der Waals surface area contributed by atoms with Crippen molar-refractivity contribution in [1.82, 2.24) is 10.2 Å². The number of imide groups is 1. The van der Waals surface area contributed by atoms with E-state index in [1.807, 2.05) is 12.2 Å². The third kappa shape index (κ3) is 5.70. The topological polar surface area (TPSA) is 173 Å². The second kappa shape index (κ2) is 12.1. The Morgan fingerprint density at radius 3 is 2.37 bits per heavy atom. The van der Waals surface area contributed by atoms with Gasteiger partial charge in [-0.2, -0.15) is 0 Å². The molecule has 2 saturated heterocycles. The zero-order valence-electron chi connectivity index (χ0n) is 22.2. The van der Waals surface area contributed by atoms with Gasteiger partial charge in [0.1, 0.15) is 5.54 Å². The minimum atomic E-state index is -2.04. The normalized spacial score (nSPS) is 23.8. The summed E-state index contributed by atoms with van der Waals surface area (Å²) in [5.74, 6) is -5.39. The van der Waals surface area contributed by atoms with Gasteiger partial charge in [-0.05, 0) is 30.5 Å². The third-order valence-electron chi connectivity index (χ3n) is 7.69. The third-order valence-corrected chi connectivity index (χ3v) is 7.92. The van der Waals surface area contributed by atoms with Crippen molar-refractivity contribution in [2.45, 2.75) is 50.6 Å².